The van der Waals surface area contributed by atoms with Crippen molar-refractivity contribution in [2.45, 2.75) is 25.0 Å². The lowest BCUT2D eigenvalue weighted by Crippen LogP contribution is -2.40. The van der Waals surface area contributed by atoms with Gasteiger partial charge in [-0.2, -0.15) is 5.10 Å². The molecule has 0 saturated heterocycles. The van der Waals surface area contributed by atoms with Crippen molar-refractivity contribution in [3.8, 4) is 0 Å². The Hall–Kier alpha value is -1.34. The van der Waals surface area contributed by atoms with Crippen LogP contribution >= 0.6 is 15.9 Å². The van der Waals surface area contributed by atoms with Gasteiger partial charge in [-0.25, -0.2) is 0 Å². The minimum Gasteiger partial charge on any atom is -0.337 e. The minimum atomic E-state index is -0.416. The van der Waals surface area contributed by atoms with Crippen LogP contribution in [0.1, 0.15) is 24.5 Å². The maximum atomic E-state index is 5.67. The van der Waals surface area contributed by atoms with Crippen LogP contribution in [0.5, 0.6) is 0 Å². The second kappa shape index (κ2) is 4.15. The molecule has 1 unspecified atom stereocenters. The summed E-state index contributed by atoms with van der Waals surface area (Å²) in [6.45, 7) is 0. The fraction of sp³-hybridized carbons (Fsp3) is 0.400. The highest BCUT2D eigenvalue weighted by Gasteiger charge is 2.25. The van der Waals surface area contributed by atoms with E-state index in [0.29, 0.717) is 5.92 Å². The quantitative estimate of drug-likeness (QED) is 0.674. The molecule has 1 atom stereocenters. The predicted molar refractivity (Wildman–Crippen MR) is 69.7 cm³/mol. The molecule has 2 heterocycles. The van der Waals surface area contributed by atoms with Crippen molar-refractivity contribution in [2.24, 2.45) is 10.7 Å². The van der Waals surface area contributed by atoms with Gasteiger partial charge in [0.25, 0.3) is 0 Å². The molecule has 3 rings (SSSR count). The average molecular weight is 297 g/mol. The van der Waals surface area contributed by atoms with Crippen molar-refractivity contribution in [3.05, 3.63) is 22.1 Å². The van der Waals surface area contributed by atoms with E-state index in [4.69, 9.17) is 5.73 Å². The first-order valence-corrected chi connectivity index (χ1v) is 6.29. The summed E-state index contributed by atoms with van der Waals surface area (Å²) in [4.78, 5) is 4.01. The van der Waals surface area contributed by atoms with E-state index in [1.54, 1.807) is 6.21 Å². The summed E-state index contributed by atoms with van der Waals surface area (Å²) in [7, 11) is 0. The number of nitrogens with one attached hydrogen (secondary N) is 3. The third-order valence-corrected chi connectivity index (χ3v) is 3.35. The molecule has 7 heteroatoms. The summed E-state index contributed by atoms with van der Waals surface area (Å²) in [5.74, 6) is 2.23. The molecule has 0 spiro atoms. The zero-order chi connectivity index (χ0) is 11.8. The van der Waals surface area contributed by atoms with Gasteiger partial charge in [0, 0.05) is 23.9 Å². The lowest BCUT2D eigenvalue weighted by Gasteiger charge is -2.19. The first-order valence-electron chi connectivity index (χ1n) is 5.50. The molecule has 6 nitrogen and oxygen atoms in total. The van der Waals surface area contributed by atoms with E-state index in [9.17, 15) is 0 Å². The molecule has 0 amide bonds. The van der Waals surface area contributed by atoms with Crippen LogP contribution in [-0.2, 0) is 0 Å². The van der Waals surface area contributed by atoms with Gasteiger partial charge in [0.2, 0.25) is 0 Å². The maximum Gasteiger partial charge on any atom is 0.172 e. The van der Waals surface area contributed by atoms with Gasteiger partial charge in [0.05, 0.1) is 4.48 Å². The van der Waals surface area contributed by atoms with Gasteiger partial charge >= 0.3 is 0 Å². The first-order chi connectivity index (χ1) is 8.22. The highest BCUT2D eigenvalue weighted by Crippen LogP contribution is 2.39. The fourth-order valence-electron chi connectivity index (χ4n) is 1.69. The molecule has 1 aromatic heterocycles. The number of anilines is 1. The van der Waals surface area contributed by atoms with Crippen LogP contribution in [0.25, 0.3) is 0 Å². The fourth-order valence-corrected chi connectivity index (χ4v) is 2.02. The number of aromatic amines is 1. The van der Waals surface area contributed by atoms with Gasteiger partial charge in [-0.3, -0.25) is 15.8 Å². The summed E-state index contributed by atoms with van der Waals surface area (Å²) < 4.78 is 0.829. The number of allylic oxidation sites excluding steroid dienone is 1. The highest BCUT2D eigenvalue weighted by atomic mass is 79.9. The standard InChI is InChI=1S/C10H13BrN6/c11-6-4-13-10(12)15-9(6)14-8-3-7(16-17-8)5-1-2-5/h3-5,10,15H,1-2,12H2,(H2,14,16,17). The van der Waals surface area contributed by atoms with Gasteiger partial charge < -0.3 is 10.6 Å². The monoisotopic (exact) mass is 296 g/mol. The molecule has 0 aromatic carbocycles. The largest absolute Gasteiger partial charge is 0.337 e. The molecule has 1 aromatic rings. The number of halogens is 1. The van der Waals surface area contributed by atoms with Crippen molar-refractivity contribution < 1.29 is 0 Å². The van der Waals surface area contributed by atoms with Crippen LogP contribution in [0.2, 0.25) is 0 Å². The summed E-state index contributed by atoms with van der Waals surface area (Å²) in [6, 6.07) is 2.03. The van der Waals surface area contributed by atoms with Gasteiger partial charge in [0.1, 0.15) is 5.82 Å². The topological polar surface area (TPSA) is 91.1 Å². The smallest absolute Gasteiger partial charge is 0.172 e. The number of aliphatic imine (C=N–C) groups is 1. The van der Waals surface area contributed by atoms with E-state index in [2.05, 4.69) is 41.8 Å². The molecule has 1 aliphatic heterocycles. The summed E-state index contributed by atoms with van der Waals surface area (Å²) in [5.41, 5.74) is 6.86. The van der Waals surface area contributed by atoms with Crippen molar-refractivity contribution in [1.29, 1.82) is 0 Å². The minimum absolute atomic E-state index is 0.416. The number of rotatable bonds is 3. The molecule has 90 valence electrons. The Bertz CT molecular complexity index is 487. The van der Waals surface area contributed by atoms with Crippen LogP contribution in [0.15, 0.2) is 21.4 Å². The zero-order valence-electron chi connectivity index (χ0n) is 9.07. The van der Waals surface area contributed by atoms with Crippen molar-refractivity contribution in [2.75, 3.05) is 5.32 Å². The molecule has 0 radical (unpaired) electrons. The van der Waals surface area contributed by atoms with Crippen molar-refractivity contribution in [1.82, 2.24) is 15.5 Å². The maximum absolute atomic E-state index is 5.67. The SMILES string of the molecule is NC1N=CC(Br)=C(Nc2cc(C3CC3)[nH]n2)N1. The van der Waals surface area contributed by atoms with E-state index in [1.165, 1.54) is 18.5 Å². The van der Waals surface area contributed by atoms with Gasteiger partial charge in [-0.05, 0) is 28.8 Å². The molecule has 17 heavy (non-hydrogen) atoms. The number of H-pyrrole nitrogens is 1. The summed E-state index contributed by atoms with van der Waals surface area (Å²) in [5, 5.41) is 13.4. The Morgan fingerprint density at radius 3 is 3.06 bits per heavy atom. The Kier molecular flexibility index (Phi) is 2.64. The molecular formula is C10H13BrN6. The van der Waals surface area contributed by atoms with E-state index in [0.717, 1.165) is 16.1 Å². The number of hydrogen-bond acceptors (Lipinski definition) is 5. The van der Waals surface area contributed by atoms with Crippen LogP contribution in [0.4, 0.5) is 5.82 Å². The first kappa shape index (κ1) is 10.8. The third-order valence-electron chi connectivity index (χ3n) is 2.75. The van der Waals surface area contributed by atoms with E-state index in [-0.39, 0.29) is 0 Å². The van der Waals surface area contributed by atoms with Gasteiger partial charge in [0.15, 0.2) is 12.1 Å². The normalized spacial score (nSPS) is 23.8. The van der Waals surface area contributed by atoms with Crippen molar-refractivity contribution in [3.63, 3.8) is 0 Å². The third kappa shape index (κ3) is 2.34. The number of nitrogens with two attached hydrogens (primary N) is 1. The Labute approximate surface area is 107 Å². The number of hydrogen-bond donors (Lipinski definition) is 4. The molecule has 5 N–H and O–H groups in total. The molecule has 2 aliphatic rings. The molecule has 1 fully saturated rings. The predicted octanol–water partition coefficient (Wildman–Crippen LogP) is 1.18. The Morgan fingerprint density at radius 1 is 1.47 bits per heavy atom. The lowest BCUT2D eigenvalue weighted by molar-refractivity contribution is 0.612. The Balaban J connectivity index is 1.74. The van der Waals surface area contributed by atoms with Gasteiger partial charge in [-0.15, -0.1) is 0 Å². The summed E-state index contributed by atoms with van der Waals surface area (Å²) >= 11 is 3.40. The highest BCUT2D eigenvalue weighted by molar-refractivity contribution is 9.12. The lowest BCUT2D eigenvalue weighted by atomic mass is 10.3. The molecular weight excluding hydrogens is 284 g/mol. The van der Waals surface area contributed by atoms with Crippen LogP contribution in [0.3, 0.4) is 0 Å². The van der Waals surface area contributed by atoms with Crippen molar-refractivity contribution >= 4 is 28.0 Å². The van der Waals surface area contributed by atoms with Crippen LogP contribution in [0, 0.1) is 0 Å². The molecule has 1 aliphatic carbocycles. The van der Waals surface area contributed by atoms with E-state index >= 15 is 0 Å². The number of nitrogens with zero attached hydrogens (tertiary/aromatic N) is 2. The summed E-state index contributed by atoms with van der Waals surface area (Å²) in [6.07, 6.45) is 3.77. The second-order valence-electron chi connectivity index (χ2n) is 4.20. The molecule has 1 saturated carbocycles. The van der Waals surface area contributed by atoms with Crippen LogP contribution < -0.4 is 16.4 Å². The van der Waals surface area contributed by atoms with Crippen LogP contribution in [-0.4, -0.2) is 22.7 Å². The number of aromatic nitrogens is 2. The molecule has 0 bridgehead atoms. The van der Waals surface area contributed by atoms with E-state index in [1.807, 2.05) is 6.07 Å². The zero-order valence-corrected chi connectivity index (χ0v) is 10.7. The Morgan fingerprint density at radius 2 is 2.29 bits per heavy atom. The second-order valence-corrected chi connectivity index (χ2v) is 5.05. The van der Waals surface area contributed by atoms with E-state index < -0.39 is 6.29 Å². The average Bonchev–Trinajstić information content (AvgIpc) is 3.05. The van der Waals surface area contributed by atoms with Gasteiger partial charge in [-0.1, -0.05) is 0 Å².